The number of rotatable bonds is 10. The van der Waals surface area contributed by atoms with Gasteiger partial charge in [-0.15, -0.1) is 11.8 Å². The maximum absolute atomic E-state index is 13.2. The van der Waals surface area contributed by atoms with E-state index in [2.05, 4.69) is 49.5 Å². The van der Waals surface area contributed by atoms with Gasteiger partial charge in [0.05, 0.1) is 5.75 Å². The van der Waals surface area contributed by atoms with Crippen LogP contribution in [0.25, 0.3) is 0 Å². The highest BCUT2D eigenvalue weighted by Gasteiger charge is 2.28. The van der Waals surface area contributed by atoms with Crippen molar-refractivity contribution in [3.63, 3.8) is 0 Å². The van der Waals surface area contributed by atoms with Crippen LogP contribution in [-0.4, -0.2) is 41.1 Å². The predicted molar refractivity (Wildman–Crippen MR) is 134 cm³/mol. The Balaban J connectivity index is 1.61. The Morgan fingerprint density at radius 1 is 1.03 bits per heavy atom. The van der Waals surface area contributed by atoms with E-state index in [9.17, 15) is 9.59 Å². The third kappa shape index (κ3) is 7.40. The van der Waals surface area contributed by atoms with Crippen LogP contribution in [0.1, 0.15) is 54.9 Å². The predicted octanol–water partition coefficient (Wildman–Crippen LogP) is 5.06. The van der Waals surface area contributed by atoms with Crippen LogP contribution in [-0.2, 0) is 21.8 Å². The zero-order valence-electron chi connectivity index (χ0n) is 19.6. The summed E-state index contributed by atoms with van der Waals surface area (Å²) in [5, 5.41) is 3.17. The number of nitrogens with zero attached hydrogens (tertiary/aromatic N) is 1. The summed E-state index contributed by atoms with van der Waals surface area (Å²) in [5.74, 6) is 1.17. The highest BCUT2D eigenvalue weighted by atomic mass is 32.2. The molecule has 0 spiro atoms. The van der Waals surface area contributed by atoms with Gasteiger partial charge in [0, 0.05) is 18.3 Å². The number of nitrogens with one attached hydrogen (secondary N) is 1. The Morgan fingerprint density at radius 3 is 2.34 bits per heavy atom. The molecule has 172 valence electrons. The van der Waals surface area contributed by atoms with Crippen LogP contribution in [0, 0.1) is 13.8 Å². The number of amides is 2. The van der Waals surface area contributed by atoms with Gasteiger partial charge in [-0.2, -0.15) is 0 Å². The Kier molecular flexibility index (Phi) is 9.22. The topological polar surface area (TPSA) is 49.4 Å². The van der Waals surface area contributed by atoms with Gasteiger partial charge in [-0.05, 0) is 51.2 Å². The summed E-state index contributed by atoms with van der Waals surface area (Å²) in [6.07, 6.45) is 5.18. The average molecular weight is 453 g/mol. The van der Waals surface area contributed by atoms with Crippen LogP contribution in [0.2, 0.25) is 0 Å². The molecule has 1 aliphatic carbocycles. The van der Waals surface area contributed by atoms with Gasteiger partial charge in [-0.1, -0.05) is 72.5 Å². The van der Waals surface area contributed by atoms with Gasteiger partial charge < -0.3 is 10.2 Å². The van der Waals surface area contributed by atoms with Crippen molar-refractivity contribution in [2.45, 2.75) is 70.7 Å². The molecule has 4 nitrogen and oxygen atoms in total. The second-order valence-electron chi connectivity index (χ2n) is 8.98. The largest absolute Gasteiger partial charge is 0.352 e. The third-order valence-electron chi connectivity index (χ3n) is 6.13. The zero-order valence-corrected chi connectivity index (χ0v) is 20.4. The maximum atomic E-state index is 13.2. The smallest absolute Gasteiger partial charge is 0.242 e. The summed E-state index contributed by atoms with van der Waals surface area (Å²) < 4.78 is 0. The van der Waals surface area contributed by atoms with Crippen molar-refractivity contribution in [3.05, 3.63) is 70.8 Å². The summed E-state index contributed by atoms with van der Waals surface area (Å²) in [6, 6.07) is 16.5. The first kappa shape index (κ1) is 24.4. The molecule has 5 heteroatoms. The number of carbonyl (C=O) groups excluding carboxylic acids is 2. The molecule has 1 unspecified atom stereocenters. The second kappa shape index (κ2) is 12.1. The standard InChI is InChI=1S/C27H36N2O2S/c1-20-15-21(2)17-24(16-20)18-32-19-26(30)29(14-13-23-9-5-4-6-10-23)22(3)27(31)28-25-11-7-8-12-25/h4-6,9-10,15-17,22,25H,7-8,11-14,18-19H2,1-3H3,(H,28,31). The fraction of sp³-hybridized carbons (Fsp3) is 0.481. The Labute approximate surface area is 197 Å². The summed E-state index contributed by atoms with van der Waals surface area (Å²) in [4.78, 5) is 27.9. The van der Waals surface area contributed by atoms with Gasteiger partial charge in [-0.25, -0.2) is 0 Å². The molecular weight excluding hydrogens is 416 g/mol. The first-order valence-electron chi connectivity index (χ1n) is 11.7. The van der Waals surface area contributed by atoms with Crippen LogP contribution >= 0.6 is 11.8 Å². The lowest BCUT2D eigenvalue weighted by Crippen LogP contribution is -2.51. The number of hydrogen-bond donors (Lipinski definition) is 1. The van der Waals surface area contributed by atoms with Crippen molar-refractivity contribution in [1.29, 1.82) is 0 Å². The lowest BCUT2D eigenvalue weighted by molar-refractivity contribution is -0.138. The van der Waals surface area contributed by atoms with Crippen LogP contribution < -0.4 is 5.32 Å². The highest BCUT2D eigenvalue weighted by Crippen LogP contribution is 2.19. The molecule has 0 bridgehead atoms. The molecule has 2 aromatic rings. The zero-order chi connectivity index (χ0) is 22.9. The van der Waals surface area contributed by atoms with Gasteiger partial charge in [0.25, 0.3) is 0 Å². The normalized spacial score (nSPS) is 14.8. The number of aryl methyl sites for hydroxylation is 2. The Morgan fingerprint density at radius 2 is 1.69 bits per heavy atom. The lowest BCUT2D eigenvalue weighted by Gasteiger charge is -2.29. The van der Waals surface area contributed by atoms with Crippen molar-refractivity contribution < 1.29 is 9.59 Å². The fourth-order valence-electron chi connectivity index (χ4n) is 4.45. The van der Waals surface area contributed by atoms with Gasteiger partial charge in [0.1, 0.15) is 6.04 Å². The molecule has 0 aliphatic heterocycles. The van der Waals surface area contributed by atoms with Gasteiger partial charge in [-0.3, -0.25) is 9.59 Å². The van der Waals surface area contributed by atoms with E-state index in [0.29, 0.717) is 12.3 Å². The Bertz CT molecular complexity index is 874. The molecule has 0 radical (unpaired) electrons. The molecule has 2 aromatic carbocycles. The van der Waals surface area contributed by atoms with Crippen molar-refractivity contribution in [1.82, 2.24) is 10.2 Å². The van der Waals surface area contributed by atoms with Gasteiger partial charge >= 0.3 is 0 Å². The first-order valence-corrected chi connectivity index (χ1v) is 12.9. The molecule has 3 rings (SSSR count). The van der Waals surface area contributed by atoms with Crippen LogP contribution in [0.5, 0.6) is 0 Å². The van der Waals surface area contributed by atoms with E-state index >= 15 is 0 Å². The quantitative estimate of drug-likeness (QED) is 0.548. The van der Waals surface area contributed by atoms with Crippen molar-refractivity contribution in [2.75, 3.05) is 12.3 Å². The molecule has 32 heavy (non-hydrogen) atoms. The molecule has 1 atom stereocenters. The molecule has 0 saturated heterocycles. The first-order chi connectivity index (χ1) is 15.4. The number of hydrogen-bond acceptors (Lipinski definition) is 3. The molecule has 1 aliphatic rings. The summed E-state index contributed by atoms with van der Waals surface area (Å²) in [7, 11) is 0. The van der Waals surface area contributed by atoms with Crippen LogP contribution in [0.3, 0.4) is 0 Å². The second-order valence-corrected chi connectivity index (χ2v) is 9.96. The summed E-state index contributed by atoms with van der Waals surface area (Å²) in [5.41, 5.74) is 4.90. The van der Waals surface area contributed by atoms with E-state index in [-0.39, 0.29) is 17.9 Å². The van der Waals surface area contributed by atoms with E-state index in [0.717, 1.165) is 25.0 Å². The van der Waals surface area contributed by atoms with E-state index in [1.54, 1.807) is 16.7 Å². The number of benzene rings is 2. The molecular formula is C27H36N2O2S. The molecule has 2 amide bonds. The summed E-state index contributed by atoms with van der Waals surface area (Å²) >= 11 is 1.62. The summed E-state index contributed by atoms with van der Waals surface area (Å²) in [6.45, 7) is 6.61. The lowest BCUT2D eigenvalue weighted by atomic mass is 10.1. The molecule has 1 fully saturated rings. The monoisotopic (exact) mass is 452 g/mol. The van der Waals surface area contributed by atoms with E-state index in [1.165, 1.54) is 35.1 Å². The van der Waals surface area contributed by atoms with Crippen molar-refractivity contribution in [3.8, 4) is 0 Å². The Hall–Kier alpha value is -2.27. The van der Waals surface area contributed by atoms with Gasteiger partial charge in [0.2, 0.25) is 11.8 Å². The van der Waals surface area contributed by atoms with Crippen molar-refractivity contribution >= 4 is 23.6 Å². The average Bonchev–Trinajstić information content (AvgIpc) is 3.27. The number of thioether (sulfide) groups is 1. The maximum Gasteiger partial charge on any atom is 0.242 e. The minimum atomic E-state index is -0.464. The van der Waals surface area contributed by atoms with Crippen LogP contribution in [0.4, 0.5) is 0 Å². The molecule has 0 aromatic heterocycles. The minimum absolute atomic E-state index is 0.0300. The minimum Gasteiger partial charge on any atom is -0.352 e. The SMILES string of the molecule is Cc1cc(C)cc(CSCC(=O)N(CCc2ccccc2)C(C)C(=O)NC2CCCC2)c1. The van der Waals surface area contributed by atoms with E-state index in [4.69, 9.17) is 0 Å². The van der Waals surface area contributed by atoms with E-state index in [1.807, 2.05) is 25.1 Å². The van der Waals surface area contributed by atoms with Gasteiger partial charge in [0.15, 0.2) is 0 Å². The molecule has 0 heterocycles. The highest BCUT2D eigenvalue weighted by molar-refractivity contribution is 7.99. The van der Waals surface area contributed by atoms with Crippen molar-refractivity contribution in [2.24, 2.45) is 0 Å². The van der Waals surface area contributed by atoms with Crippen LogP contribution in [0.15, 0.2) is 48.5 Å². The molecule has 1 N–H and O–H groups in total. The molecule has 1 saturated carbocycles. The third-order valence-corrected chi connectivity index (χ3v) is 7.12. The fourth-order valence-corrected chi connectivity index (χ4v) is 5.30. The van der Waals surface area contributed by atoms with E-state index < -0.39 is 6.04 Å². The number of carbonyl (C=O) groups is 2.